The minimum absolute atomic E-state index is 0.0127. The second-order valence-corrected chi connectivity index (χ2v) is 4.86. The lowest BCUT2D eigenvalue weighted by Crippen LogP contribution is -2.34. The van der Waals surface area contributed by atoms with Crippen LogP contribution in [0, 0.1) is 11.6 Å². The van der Waals surface area contributed by atoms with E-state index in [0.29, 0.717) is 11.1 Å². The van der Waals surface area contributed by atoms with Gasteiger partial charge in [-0.05, 0) is 32.4 Å². The highest BCUT2D eigenvalue weighted by molar-refractivity contribution is 5.32. The molecule has 0 aromatic heterocycles. The minimum atomic E-state index is -0.745. The zero-order valence-electron chi connectivity index (χ0n) is 10.5. The lowest BCUT2D eigenvalue weighted by Gasteiger charge is -2.26. The van der Waals surface area contributed by atoms with E-state index in [9.17, 15) is 8.78 Å². The van der Waals surface area contributed by atoms with Crippen molar-refractivity contribution in [1.29, 1.82) is 0 Å². The number of halogens is 2. The molecule has 1 rings (SSSR count). The second kappa shape index (κ2) is 4.50. The van der Waals surface area contributed by atoms with Gasteiger partial charge in [-0.2, -0.15) is 0 Å². The van der Waals surface area contributed by atoms with E-state index < -0.39 is 17.2 Å². The van der Waals surface area contributed by atoms with Gasteiger partial charge in [0.25, 0.3) is 0 Å². The molecule has 1 aromatic rings. The molecule has 1 aromatic carbocycles. The zero-order chi connectivity index (χ0) is 12.5. The predicted molar refractivity (Wildman–Crippen MR) is 62.5 cm³/mol. The SMILES string of the molecule is CNC(C)(C)c1ccc(C(C)C)c(F)c1F. The van der Waals surface area contributed by atoms with E-state index in [1.807, 2.05) is 27.7 Å². The summed E-state index contributed by atoms with van der Waals surface area (Å²) >= 11 is 0. The molecule has 90 valence electrons. The number of nitrogens with one attached hydrogen (secondary N) is 1. The van der Waals surface area contributed by atoms with Crippen LogP contribution in [0.1, 0.15) is 44.7 Å². The molecule has 0 saturated heterocycles. The quantitative estimate of drug-likeness (QED) is 0.832. The first-order chi connectivity index (χ1) is 7.31. The second-order valence-electron chi connectivity index (χ2n) is 4.86. The molecule has 1 nitrogen and oxygen atoms in total. The summed E-state index contributed by atoms with van der Waals surface area (Å²) in [7, 11) is 1.73. The van der Waals surface area contributed by atoms with Gasteiger partial charge in [-0.1, -0.05) is 26.0 Å². The molecule has 16 heavy (non-hydrogen) atoms. The summed E-state index contributed by atoms with van der Waals surface area (Å²) in [4.78, 5) is 0. The largest absolute Gasteiger partial charge is 0.311 e. The fraction of sp³-hybridized carbons (Fsp3) is 0.538. The van der Waals surface area contributed by atoms with Crippen molar-refractivity contribution in [3.63, 3.8) is 0 Å². The van der Waals surface area contributed by atoms with Crippen LogP contribution in [0.25, 0.3) is 0 Å². The van der Waals surface area contributed by atoms with E-state index in [1.54, 1.807) is 19.2 Å². The third-order valence-corrected chi connectivity index (χ3v) is 3.03. The molecule has 0 fully saturated rings. The summed E-state index contributed by atoms with van der Waals surface area (Å²) in [6, 6.07) is 3.32. The Kier molecular flexibility index (Phi) is 3.68. The van der Waals surface area contributed by atoms with Crippen LogP contribution >= 0.6 is 0 Å². The minimum Gasteiger partial charge on any atom is -0.311 e. The van der Waals surface area contributed by atoms with Gasteiger partial charge in [0, 0.05) is 11.1 Å². The van der Waals surface area contributed by atoms with Gasteiger partial charge in [0.2, 0.25) is 0 Å². The molecule has 0 atom stereocenters. The van der Waals surface area contributed by atoms with Crippen LogP contribution in [0.3, 0.4) is 0 Å². The van der Waals surface area contributed by atoms with Crippen molar-refractivity contribution in [2.75, 3.05) is 7.05 Å². The maximum atomic E-state index is 13.9. The van der Waals surface area contributed by atoms with E-state index >= 15 is 0 Å². The predicted octanol–water partition coefficient (Wildman–Crippen LogP) is 3.54. The van der Waals surface area contributed by atoms with Crippen LogP contribution in [-0.2, 0) is 5.54 Å². The molecular formula is C13H19F2N. The average Bonchev–Trinajstić information content (AvgIpc) is 2.21. The summed E-state index contributed by atoms with van der Waals surface area (Å²) < 4.78 is 27.7. The topological polar surface area (TPSA) is 12.0 Å². The van der Waals surface area contributed by atoms with Gasteiger partial charge in [-0.15, -0.1) is 0 Å². The Morgan fingerprint density at radius 3 is 2.12 bits per heavy atom. The van der Waals surface area contributed by atoms with Crippen LogP contribution in [0.2, 0.25) is 0 Å². The smallest absolute Gasteiger partial charge is 0.164 e. The molecule has 0 radical (unpaired) electrons. The highest BCUT2D eigenvalue weighted by Gasteiger charge is 2.25. The van der Waals surface area contributed by atoms with E-state index in [2.05, 4.69) is 5.32 Å². The van der Waals surface area contributed by atoms with Crippen molar-refractivity contribution in [3.8, 4) is 0 Å². The summed E-state index contributed by atoms with van der Waals surface area (Å²) in [5, 5.41) is 2.97. The van der Waals surface area contributed by atoms with E-state index in [1.165, 1.54) is 0 Å². The van der Waals surface area contributed by atoms with Crippen molar-refractivity contribution >= 4 is 0 Å². The molecule has 0 aliphatic carbocycles. The molecular weight excluding hydrogens is 208 g/mol. The van der Waals surface area contributed by atoms with E-state index in [-0.39, 0.29) is 5.92 Å². The van der Waals surface area contributed by atoms with Gasteiger partial charge in [0.1, 0.15) is 0 Å². The lowest BCUT2D eigenvalue weighted by atomic mass is 9.91. The zero-order valence-corrected chi connectivity index (χ0v) is 10.5. The Morgan fingerprint density at radius 1 is 1.12 bits per heavy atom. The Morgan fingerprint density at radius 2 is 1.69 bits per heavy atom. The first-order valence-electron chi connectivity index (χ1n) is 5.48. The Labute approximate surface area is 95.9 Å². The first kappa shape index (κ1) is 13.1. The van der Waals surface area contributed by atoms with Crippen molar-refractivity contribution in [3.05, 3.63) is 34.9 Å². The molecule has 3 heteroatoms. The van der Waals surface area contributed by atoms with Gasteiger partial charge in [0.15, 0.2) is 11.6 Å². The summed E-state index contributed by atoms with van der Waals surface area (Å²) in [6.45, 7) is 7.33. The van der Waals surface area contributed by atoms with Crippen molar-refractivity contribution < 1.29 is 8.78 Å². The molecule has 0 spiro atoms. The monoisotopic (exact) mass is 227 g/mol. The molecule has 1 N–H and O–H groups in total. The highest BCUT2D eigenvalue weighted by Crippen LogP contribution is 2.28. The molecule has 0 heterocycles. The molecule has 0 bridgehead atoms. The number of hydrogen-bond donors (Lipinski definition) is 1. The van der Waals surface area contributed by atoms with Crippen LogP contribution in [0.4, 0.5) is 8.78 Å². The fourth-order valence-electron chi connectivity index (χ4n) is 1.63. The van der Waals surface area contributed by atoms with Gasteiger partial charge in [-0.3, -0.25) is 0 Å². The van der Waals surface area contributed by atoms with Crippen LogP contribution < -0.4 is 5.32 Å². The van der Waals surface area contributed by atoms with Crippen molar-refractivity contribution in [2.45, 2.75) is 39.2 Å². The number of hydrogen-bond acceptors (Lipinski definition) is 1. The van der Waals surface area contributed by atoms with Gasteiger partial charge < -0.3 is 5.32 Å². The van der Waals surface area contributed by atoms with Gasteiger partial charge in [-0.25, -0.2) is 8.78 Å². The highest BCUT2D eigenvalue weighted by atomic mass is 19.2. The Bertz CT molecular complexity index is 384. The summed E-state index contributed by atoms with van der Waals surface area (Å²) in [5.74, 6) is -1.48. The molecule has 0 aliphatic heterocycles. The maximum absolute atomic E-state index is 13.9. The van der Waals surface area contributed by atoms with E-state index in [0.717, 1.165) is 0 Å². The number of benzene rings is 1. The molecule has 0 saturated carbocycles. The average molecular weight is 227 g/mol. The molecule has 0 amide bonds. The standard InChI is InChI=1S/C13H19F2N/c1-8(2)9-6-7-10(12(15)11(9)14)13(3,4)16-5/h6-8,16H,1-5H3. The first-order valence-corrected chi connectivity index (χ1v) is 5.48. The molecule has 0 unspecified atom stereocenters. The van der Waals surface area contributed by atoms with Crippen molar-refractivity contribution in [2.24, 2.45) is 0 Å². The fourth-order valence-corrected chi connectivity index (χ4v) is 1.63. The Hall–Kier alpha value is -0.960. The lowest BCUT2D eigenvalue weighted by molar-refractivity contribution is 0.399. The van der Waals surface area contributed by atoms with Crippen molar-refractivity contribution in [1.82, 2.24) is 5.32 Å². The maximum Gasteiger partial charge on any atom is 0.164 e. The number of rotatable bonds is 3. The van der Waals surface area contributed by atoms with Crippen LogP contribution in [0.5, 0.6) is 0 Å². The Balaban J connectivity index is 3.33. The van der Waals surface area contributed by atoms with Crippen LogP contribution in [-0.4, -0.2) is 7.05 Å². The summed E-state index contributed by atoms with van der Waals surface area (Å²) in [6.07, 6.45) is 0. The summed E-state index contributed by atoms with van der Waals surface area (Å²) in [5.41, 5.74) is 0.213. The van der Waals surface area contributed by atoms with Crippen LogP contribution in [0.15, 0.2) is 12.1 Å². The third kappa shape index (κ3) is 2.24. The van der Waals surface area contributed by atoms with Gasteiger partial charge >= 0.3 is 0 Å². The third-order valence-electron chi connectivity index (χ3n) is 3.03. The van der Waals surface area contributed by atoms with E-state index in [4.69, 9.17) is 0 Å². The van der Waals surface area contributed by atoms with Gasteiger partial charge in [0.05, 0.1) is 0 Å². The normalized spacial score (nSPS) is 12.2. The molecule has 0 aliphatic rings.